The van der Waals surface area contributed by atoms with Crippen LogP contribution in [0.15, 0.2) is 0 Å². The van der Waals surface area contributed by atoms with Gasteiger partial charge in [-0.3, -0.25) is 0 Å². The Bertz CT molecular complexity index is 139. The average molecular weight is 199 g/mol. The van der Waals surface area contributed by atoms with Gasteiger partial charge in [-0.1, -0.05) is 13.8 Å². The van der Waals surface area contributed by atoms with Gasteiger partial charge < -0.3 is 9.64 Å². The van der Waals surface area contributed by atoms with Crippen molar-refractivity contribution in [1.82, 2.24) is 4.90 Å². The first-order valence-electron chi connectivity index (χ1n) is 5.93. The first kappa shape index (κ1) is 12.0. The quantitative estimate of drug-likeness (QED) is 0.674. The summed E-state index contributed by atoms with van der Waals surface area (Å²) in [4.78, 5) is 2.61. The molecule has 1 aliphatic heterocycles. The number of ether oxygens (including phenoxy) is 1. The van der Waals surface area contributed by atoms with Gasteiger partial charge in [0, 0.05) is 20.3 Å². The smallest absolute Gasteiger partial charge is 0.0464 e. The summed E-state index contributed by atoms with van der Waals surface area (Å²) in [5.74, 6) is 1.73. The second-order valence-electron chi connectivity index (χ2n) is 4.92. The molecule has 2 heteroatoms. The van der Waals surface area contributed by atoms with Crippen LogP contribution in [0.2, 0.25) is 0 Å². The summed E-state index contributed by atoms with van der Waals surface area (Å²) in [6, 6.07) is 0. The Hall–Kier alpha value is -0.0800. The zero-order chi connectivity index (χ0) is 10.4. The molecule has 0 aromatic carbocycles. The van der Waals surface area contributed by atoms with E-state index in [4.69, 9.17) is 4.74 Å². The topological polar surface area (TPSA) is 12.5 Å². The molecular formula is C12H25NO. The van der Waals surface area contributed by atoms with Crippen molar-refractivity contribution in [1.29, 1.82) is 0 Å². The zero-order valence-corrected chi connectivity index (χ0v) is 9.96. The molecule has 0 bridgehead atoms. The fraction of sp³-hybridized carbons (Fsp3) is 1.00. The molecule has 84 valence electrons. The summed E-state index contributed by atoms with van der Waals surface area (Å²) in [7, 11) is 1.80. The maximum absolute atomic E-state index is 5.12. The Kier molecular flexibility index (Phi) is 5.49. The minimum atomic E-state index is 0.811. The third-order valence-electron chi connectivity index (χ3n) is 3.06. The lowest BCUT2D eigenvalue weighted by atomic mass is 9.93. The molecule has 14 heavy (non-hydrogen) atoms. The average Bonchev–Trinajstić information content (AvgIpc) is 2.16. The second-order valence-corrected chi connectivity index (χ2v) is 4.92. The molecule has 0 aliphatic carbocycles. The van der Waals surface area contributed by atoms with Crippen molar-refractivity contribution < 1.29 is 4.74 Å². The summed E-state index contributed by atoms with van der Waals surface area (Å²) >= 11 is 0. The van der Waals surface area contributed by atoms with Gasteiger partial charge in [-0.2, -0.15) is 0 Å². The van der Waals surface area contributed by atoms with Gasteiger partial charge in [0.25, 0.3) is 0 Å². The Balaban J connectivity index is 2.11. The number of nitrogens with zero attached hydrogens (tertiary/aromatic N) is 1. The van der Waals surface area contributed by atoms with E-state index < -0.39 is 0 Å². The molecule has 2 nitrogen and oxygen atoms in total. The van der Waals surface area contributed by atoms with Gasteiger partial charge in [-0.05, 0) is 44.2 Å². The summed E-state index contributed by atoms with van der Waals surface area (Å²) in [5.41, 5.74) is 0. The summed E-state index contributed by atoms with van der Waals surface area (Å²) in [5, 5.41) is 0. The zero-order valence-electron chi connectivity index (χ0n) is 9.96. The lowest BCUT2D eigenvalue weighted by Crippen LogP contribution is -2.36. The maximum Gasteiger partial charge on any atom is 0.0464 e. The van der Waals surface area contributed by atoms with E-state index in [2.05, 4.69) is 18.7 Å². The van der Waals surface area contributed by atoms with E-state index in [1.807, 2.05) is 0 Å². The predicted molar refractivity (Wildman–Crippen MR) is 60.5 cm³/mol. The fourth-order valence-electron chi connectivity index (χ4n) is 2.26. The van der Waals surface area contributed by atoms with Crippen molar-refractivity contribution in [3.63, 3.8) is 0 Å². The maximum atomic E-state index is 5.12. The van der Waals surface area contributed by atoms with Gasteiger partial charge in [0.05, 0.1) is 0 Å². The highest BCUT2D eigenvalue weighted by Crippen LogP contribution is 2.20. The van der Waals surface area contributed by atoms with Crippen LogP contribution < -0.4 is 0 Å². The van der Waals surface area contributed by atoms with Crippen LogP contribution in [0.1, 0.15) is 33.1 Å². The van der Waals surface area contributed by atoms with Gasteiger partial charge in [-0.25, -0.2) is 0 Å². The van der Waals surface area contributed by atoms with Crippen LogP contribution in [0.3, 0.4) is 0 Å². The van der Waals surface area contributed by atoms with Crippen LogP contribution in [0.5, 0.6) is 0 Å². The van der Waals surface area contributed by atoms with Crippen LogP contribution in [-0.4, -0.2) is 38.3 Å². The van der Waals surface area contributed by atoms with E-state index >= 15 is 0 Å². The van der Waals surface area contributed by atoms with E-state index in [9.17, 15) is 0 Å². The minimum Gasteiger partial charge on any atom is -0.385 e. The molecule has 0 saturated carbocycles. The molecule has 0 aromatic rings. The largest absolute Gasteiger partial charge is 0.385 e. The van der Waals surface area contributed by atoms with Gasteiger partial charge in [0.15, 0.2) is 0 Å². The highest BCUT2D eigenvalue weighted by Gasteiger charge is 2.18. The van der Waals surface area contributed by atoms with E-state index in [0.29, 0.717) is 0 Å². The van der Waals surface area contributed by atoms with Gasteiger partial charge in [-0.15, -0.1) is 0 Å². The highest BCUT2D eigenvalue weighted by molar-refractivity contribution is 4.72. The third kappa shape index (κ3) is 4.43. The van der Waals surface area contributed by atoms with Gasteiger partial charge in [0.1, 0.15) is 0 Å². The Morgan fingerprint density at radius 2 is 1.93 bits per heavy atom. The van der Waals surface area contributed by atoms with Crippen LogP contribution >= 0.6 is 0 Å². The predicted octanol–water partition coefficient (Wildman–Crippen LogP) is 2.39. The lowest BCUT2D eigenvalue weighted by molar-refractivity contribution is 0.129. The molecule has 0 spiro atoms. The van der Waals surface area contributed by atoms with E-state index in [0.717, 1.165) is 18.4 Å². The molecule has 1 aliphatic rings. The fourth-order valence-corrected chi connectivity index (χ4v) is 2.26. The summed E-state index contributed by atoms with van der Waals surface area (Å²) < 4.78 is 5.12. The number of rotatable bonds is 5. The molecule has 0 atom stereocenters. The van der Waals surface area contributed by atoms with Crippen molar-refractivity contribution in [2.45, 2.75) is 33.1 Å². The first-order valence-corrected chi connectivity index (χ1v) is 5.93. The van der Waals surface area contributed by atoms with Crippen LogP contribution in [0.25, 0.3) is 0 Å². The molecule has 0 aromatic heterocycles. The van der Waals surface area contributed by atoms with E-state index in [-0.39, 0.29) is 0 Å². The van der Waals surface area contributed by atoms with Crippen LogP contribution in [0.4, 0.5) is 0 Å². The normalized spacial score (nSPS) is 20.6. The highest BCUT2D eigenvalue weighted by atomic mass is 16.5. The summed E-state index contributed by atoms with van der Waals surface area (Å²) in [6.45, 7) is 9.42. The van der Waals surface area contributed by atoms with Crippen molar-refractivity contribution in [3.8, 4) is 0 Å². The Labute approximate surface area is 88.6 Å². The van der Waals surface area contributed by atoms with Gasteiger partial charge >= 0.3 is 0 Å². The molecule has 1 saturated heterocycles. The molecule has 0 unspecified atom stereocenters. The van der Waals surface area contributed by atoms with Crippen LogP contribution in [-0.2, 0) is 4.74 Å². The van der Waals surface area contributed by atoms with Gasteiger partial charge in [0.2, 0.25) is 0 Å². The molecule has 0 amide bonds. The number of likely N-dealkylation sites (tertiary alicyclic amines) is 1. The Morgan fingerprint density at radius 3 is 2.43 bits per heavy atom. The number of piperidine rings is 1. The molecular weight excluding hydrogens is 174 g/mol. The van der Waals surface area contributed by atoms with Crippen molar-refractivity contribution >= 4 is 0 Å². The minimum absolute atomic E-state index is 0.811. The van der Waals surface area contributed by atoms with Crippen molar-refractivity contribution in [2.24, 2.45) is 11.8 Å². The summed E-state index contributed by atoms with van der Waals surface area (Å²) in [6.07, 6.45) is 4.00. The number of hydrogen-bond donors (Lipinski definition) is 0. The molecule has 1 rings (SSSR count). The van der Waals surface area contributed by atoms with E-state index in [1.165, 1.54) is 38.9 Å². The lowest BCUT2D eigenvalue weighted by Gasteiger charge is -2.32. The standard InChI is InChI=1S/C12H25NO/c1-11(2)10-13-7-4-12(5-8-13)6-9-14-3/h11-12H,4-10H2,1-3H3. The SMILES string of the molecule is COCCC1CCN(CC(C)C)CC1. The van der Waals surface area contributed by atoms with Crippen molar-refractivity contribution in [2.75, 3.05) is 33.4 Å². The molecule has 1 heterocycles. The number of methoxy groups -OCH3 is 1. The monoisotopic (exact) mass is 199 g/mol. The Morgan fingerprint density at radius 1 is 1.29 bits per heavy atom. The molecule has 1 fully saturated rings. The number of hydrogen-bond acceptors (Lipinski definition) is 2. The second kappa shape index (κ2) is 6.41. The van der Waals surface area contributed by atoms with E-state index in [1.54, 1.807) is 7.11 Å². The first-order chi connectivity index (χ1) is 6.72. The third-order valence-corrected chi connectivity index (χ3v) is 3.06. The molecule has 0 N–H and O–H groups in total. The molecule has 0 radical (unpaired) electrons. The van der Waals surface area contributed by atoms with Crippen LogP contribution in [0, 0.1) is 11.8 Å². The van der Waals surface area contributed by atoms with Crippen molar-refractivity contribution in [3.05, 3.63) is 0 Å².